The van der Waals surface area contributed by atoms with Gasteiger partial charge in [0.05, 0.1) is 12.1 Å². The summed E-state index contributed by atoms with van der Waals surface area (Å²) in [7, 11) is 0. The molecule has 5 aromatic rings. The van der Waals surface area contributed by atoms with Crippen LogP contribution >= 0.6 is 0 Å². The average Bonchev–Trinajstić information content (AvgIpc) is 3.41. The third-order valence-electron chi connectivity index (χ3n) is 7.41. The van der Waals surface area contributed by atoms with Crippen LogP contribution in [0.1, 0.15) is 34.1 Å². The molecule has 10 heteroatoms. The lowest BCUT2D eigenvalue weighted by Crippen LogP contribution is -2.38. The number of ether oxygens (including phenoxy) is 2. The fourth-order valence-electron chi connectivity index (χ4n) is 5.48. The number of aromatic nitrogens is 5. The van der Waals surface area contributed by atoms with E-state index < -0.39 is 6.04 Å². The van der Waals surface area contributed by atoms with Gasteiger partial charge in [-0.3, -0.25) is 9.69 Å². The maximum atomic E-state index is 13.7. The lowest BCUT2D eigenvalue weighted by molar-refractivity contribution is 0.172. The van der Waals surface area contributed by atoms with Crippen molar-refractivity contribution in [1.82, 2.24) is 30.1 Å². The Morgan fingerprint density at radius 2 is 1.74 bits per heavy atom. The van der Waals surface area contributed by atoms with Crippen molar-refractivity contribution in [2.45, 2.75) is 25.6 Å². The lowest BCUT2D eigenvalue weighted by Gasteiger charge is -2.34. The molecule has 0 saturated carbocycles. The maximum Gasteiger partial charge on any atom is 0.253 e. The highest BCUT2D eigenvalue weighted by Crippen LogP contribution is 2.36. The van der Waals surface area contributed by atoms with Gasteiger partial charge < -0.3 is 14.5 Å². The fourth-order valence-corrected chi connectivity index (χ4v) is 5.48. The summed E-state index contributed by atoms with van der Waals surface area (Å²) in [6.45, 7) is 2.65. The SMILES string of the molecule is O=c1[nH]c2cc3c(cc2cc1C(c1nnnn1Cc1ccc(F)cc1)N1CCc2ccccc2C1)OCCO3. The van der Waals surface area contributed by atoms with Crippen molar-refractivity contribution in [3.8, 4) is 11.5 Å². The van der Waals surface area contributed by atoms with Gasteiger partial charge in [0.2, 0.25) is 0 Å². The number of nitrogens with zero attached hydrogens (tertiary/aromatic N) is 5. The standard InChI is InChI=1S/C29H25FN6O3/c30-22-7-5-18(6-8-22)16-36-28(32-33-34-36)27(35-10-9-19-3-1-2-4-20(19)17-35)23-13-21-14-25-26(39-12-11-38-25)15-24(21)31-29(23)37/h1-8,13-15,27H,9-12,16-17H2,(H,31,37). The topological polar surface area (TPSA) is 98.2 Å². The van der Waals surface area contributed by atoms with Crippen molar-refractivity contribution in [3.63, 3.8) is 0 Å². The second-order valence-electron chi connectivity index (χ2n) is 9.85. The molecule has 0 bridgehead atoms. The number of rotatable bonds is 5. The number of hydrogen-bond acceptors (Lipinski definition) is 7. The van der Waals surface area contributed by atoms with E-state index in [4.69, 9.17) is 9.47 Å². The van der Waals surface area contributed by atoms with Crippen molar-refractivity contribution < 1.29 is 13.9 Å². The molecule has 1 N–H and O–H groups in total. The molecule has 2 aliphatic rings. The Hall–Kier alpha value is -4.57. The zero-order valence-electron chi connectivity index (χ0n) is 21.0. The summed E-state index contributed by atoms with van der Waals surface area (Å²) in [5.41, 5.74) is 4.34. The summed E-state index contributed by atoms with van der Waals surface area (Å²) in [6, 6.07) is 19.7. The van der Waals surface area contributed by atoms with Crippen LogP contribution in [0.2, 0.25) is 0 Å². The first-order valence-corrected chi connectivity index (χ1v) is 12.9. The van der Waals surface area contributed by atoms with Crippen LogP contribution in [0.15, 0.2) is 71.5 Å². The van der Waals surface area contributed by atoms with Crippen LogP contribution < -0.4 is 15.0 Å². The van der Waals surface area contributed by atoms with Gasteiger partial charge in [-0.2, -0.15) is 0 Å². The molecule has 0 saturated heterocycles. The van der Waals surface area contributed by atoms with E-state index in [2.05, 4.69) is 43.6 Å². The van der Waals surface area contributed by atoms with Gasteiger partial charge in [0.25, 0.3) is 5.56 Å². The van der Waals surface area contributed by atoms with Gasteiger partial charge in [-0.1, -0.05) is 36.4 Å². The second kappa shape index (κ2) is 9.63. The predicted octanol–water partition coefficient (Wildman–Crippen LogP) is 3.62. The molecule has 196 valence electrons. The summed E-state index contributed by atoms with van der Waals surface area (Å²) in [5, 5.41) is 13.5. The number of fused-ring (bicyclic) bond motifs is 3. The number of H-pyrrole nitrogens is 1. The van der Waals surface area contributed by atoms with E-state index in [-0.39, 0.29) is 11.4 Å². The number of halogens is 1. The summed E-state index contributed by atoms with van der Waals surface area (Å²) >= 11 is 0. The van der Waals surface area contributed by atoms with Gasteiger partial charge in [0, 0.05) is 30.1 Å². The molecule has 3 aromatic carbocycles. The predicted molar refractivity (Wildman–Crippen MR) is 141 cm³/mol. The zero-order chi connectivity index (χ0) is 26.3. The van der Waals surface area contributed by atoms with E-state index in [9.17, 15) is 9.18 Å². The quantitative estimate of drug-likeness (QED) is 0.375. The third-order valence-corrected chi connectivity index (χ3v) is 7.41. The summed E-state index contributed by atoms with van der Waals surface area (Å²) in [4.78, 5) is 18.9. The third kappa shape index (κ3) is 4.42. The molecule has 9 nitrogen and oxygen atoms in total. The minimum Gasteiger partial charge on any atom is -0.486 e. The van der Waals surface area contributed by atoms with Crippen molar-refractivity contribution in [2.75, 3.05) is 19.8 Å². The molecule has 2 aromatic heterocycles. The number of benzene rings is 3. The van der Waals surface area contributed by atoms with Crippen LogP contribution in [0, 0.1) is 5.82 Å². The summed E-state index contributed by atoms with van der Waals surface area (Å²) < 4.78 is 26.7. The van der Waals surface area contributed by atoms with E-state index >= 15 is 0 Å². The van der Waals surface area contributed by atoms with Gasteiger partial charge in [0.15, 0.2) is 17.3 Å². The Morgan fingerprint density at radius 3 is 2.56 bits per heavy atom. The van der Waals surface area contributed by atoms with E-state index in [0.29, 0.717) is 54.7 Å². The molecular weight excluding hydrogens is 499 g/mol. The summed E-state index contributed by atoms with van der Waals surface area (Å²) in [6.07, 6.45) is 0.844. The normalized spacial score (nSPS) is 15.7. The number of hydrogen-bond donors (Lipinski definition) is 1. The van der Waals surface area contributed by atoms with Gasteiger partial charge in [-0.25, -0.2) is 9.07 Å². The maximum absolute atomic E-state index is 13.7. The Balaban J connectivity index is 1.35. The molecule has 1 atom stereocenters. The summed E-state index contributed by atoms with van der Waals surface area (Å²) in [5.74, 6) is 1.50. The number of tetrazole rings is 1. The molecule has 0 spiro atoms. The molecule has 0 aliphatic carbocycles. The number of nitrogens with one attached hydrogen (secondary N) is 1. The smallest absolute Gasteiger partial charge is 0.253 e. The van der Waals surface area contributed by atoms with Gasteiger partial charge in [-0.15, -0.1) is 5.10 Å². The Kier molecular flexibility index (Phi) is 5.81. The Labute approximate surface area is 222 Å². The van der Waals surface area contributed by atoms with Crippen LogP contribution in [0.5, 0.6) is 11.5 Å². The van der Waals surface area contributed by atoms with Gasteiger partial charge in [-0.05, 0) is 57.8 Å². The largest absolute Gasteiger partial charge is 0.486 e. The fraction of sp³-hybridized carbons (Fsp3) is 0.241. The monoisotopic (exact) mass is 524 g/mol. The Morgan fingerprint density at radius 1 is 0.974 bits per heavy atom. The highest BCUT2D eigenvalue weighted by molar-refractivity contribution is 5.83. The molecule has 0 radical (unpaired) electrons. The number of aromatic amines is 1. The van der Waals surface area contributed by atoms with E-state index in [0.717, 1.165) is 23.9 Å². The van der Waals surface area contributed by atoms with Gasteiger partial charge >= 0.3 is 0 Å². The molecule has 4 heterocycles. The molecule has 2 aliphatic heterocycles. The average molecular weight is 525 g/mol. The minimum atomic E-state index is -0.518. The first-order valence-electron chi connectivity index (χ1n) is 12.9. The van der Waals surface area contributed by atoms with Crippen molar-refractivity contribution in [3.05, 3.63) is 111 Å². The van der Waals surface area contributed by atoms with E-state index in [1.807, 2.05) is 18.2 Å². The second-order valence-corrected chi connectivity index (χ2v) is 9.85. The van der Waals surface area contributed by atoms with E-state index in [1.54, 1.807) is 22.9 Å². The molecule has 0 fully saturated rings. The molecule has 7 rings (SSSR count). The van der Waals surface area contributed by atoms with Crippen molar-refractivity contribution in [1.29, 1.82) is 0 Å². The van der Waals surface area contributed by atoms with Crippen molar-refractivity contribution in [2.24, 2.45) is 0 Å². The highest BCUT2D eigenvalue weighted by atomic mass is 19.1. The van der Waals surface area contributed by atoms with E-state index in [1.165, 1.54) is 23.3 Å². The Bertz CT molecular complexity index is 1730. The van der Waals surface area contributed by atoms with Crippen LogP contribution in [-0.4, -0.2) is 49.8 Å². The zero-order valence-corrected chi connectivity index (χ0v) is 21.0. The van der Waals surface area contributed by atoms with Crippen LogP contribution in [0.3, 0.4) is 0 Å². The van der Waals surface area contributed by atoms with Crippen LogP contribution in [0.4, 0.5) is 4.39 Å². The number of pyridine rings is 1. The lowest BCUT2D eigenvalue weighted by atomic mass is 9.96. The first-order chi connectivity index (χ1) is 19.1. The first kappa shape index (κ1) is 23.5. The molecule has 39 heavy (non-hydrogen) atoms. The molecule has 1 unspecified atom stereocenters. The molecular formula is C29H25FN6O3. The van der Waals surface area contributed by atoms with Crippen LogP contribution in [0.25, 0.3) is 10.9 Å². The molecule has 0 amide bonds. The van der Waals surface area contributed by atoms with Crippen LogP contribution in [-0.2, 0) is 19.5 Å². The highest BCUT2D eigenvalue weighted by Gasteiger charge is 2.33. The van der Waals surface area contributed by atoms with Gasteiger partial charge in [0.1, 0.15) is 25.1 Å². The minimum absolute atomic E-state index is 0.223. The van der Waals surface area contributed by atoms with Crippen molar-refractivity contribution >= 4 is 10.9 Å².